The van der Waals surface area contributed by atoms with Crippen molar-refractivity contribution in [3.63, 3.8) is 0 Å². The molecule has 21 heavy (non-hydrogen) atoms. The summed E-state index contributed by atoms with van der Waals surface area (Å²) in [7, 11) is 0. The maximum atomic E-state index is 12.4. The maximum Gasteiger partial charge on any atom is 0.257 e. The molecule has 1 heterocycles. The molecular weight excluding hydrogens is 288 g/mol. The first-order valence-corrected chi connectivity index (χ1v) is 6.59. The molecule has 0 aliphatic rings. The first-order chi connectivity index (χ1) is 10.1. The van der Waals surface area contributed by atoms with Gasteiger partial charge in [0.1, 0.15) is 5.52 Å². The first-order valence-electron chi connectivity index (χ1n) is 6.21. The van der Waals surface area contributed by atoms with Crippen LogP contribution in [0.4, 0.5) is 11.4 Å². The number of amides is 1. The zero-order valence-electron chi connectivity index (χ0n) is 10.9. The van der Waals surface area contributed by atoms with Gasteiger partial charge in [-0.3, -0.25) is 14.8 Å². The molecule has 0 saturated carbocycles. The normalized spacial score (nSPS) is 10.5. The number of nitrogens with two attached hydrogens (primary N) is 1. The quantitative estimate of drug-likeness (QED) is 0.712. The predicted molar refractivity (Wildman–Crippen MR) is 83.4 cm³/mol. The molecule has 3 rings (SSSR count). The highest BCUT2D eigenvalue weighted by molar-refractivity contribution is 6.33. The van der Waals surface area contributed by atoms with Crippen LogP contribution in [0.25, 0.3) is 11.0 Å². The van der Waals surface area contributed by atoms with Crippen molar-refractivity contribution in [3.05, 3.63) is 59.4 Å². The maximum absolute atomic E-state index is 12.4. The average molecular weight is 299 g/mol. The van der Waals surface area contributed by atoms with E-state index in [1.54, 1.807) is 48.8 Å². The van der Waals surface area contributed by atoms with E-state index < -0.39 is 0 Å². The number of benzene rings is 2. The Labute approximate surface area is 125 Å². The lowest BCUT2D eigenvalue weighted by Gasteiger charge is -2.08. The average Bonchev–Trinajstić information content (AvgIpc) is 2.50. The number of para-hydroxylation sites is 1. The molecule has 1 aromatic heterocycles. The predicted octanol–water partition coefficient (Wildman–Crippen LogP) is 3.12. The van der Waals surface area contributed by atoms with Gasteiger partial charge in [-0.05, 0) is 30.3 Å². The van der Waals surface area contributed by atoms with Crippen LogP contribution in [0.5, 0.6) is 0 Å². The Kier molecular flexibility index (Phi) is 3.41. The van der Waals surface area contributed by atoms with E-state index in [4.69, 9.17) is 17.3 Å². The Morgan fingerprint density at radius 2 is 1.95 bits per heavy atom. The summed E-state index contributed by atoms with van der Waals surface area (Å²) in [5.41, 5.74) is 8.35. The summed E-state index contributed by atoms with van der Waals surface area (Å²) in [6, 6.07) is 10.2. The molecule has 2 aromatic carbocycles. The Balaban J connectivity index is 1.95. The fraction of sp³-hybridized carbons (Fsp3) is 0. The molecule has 6 heteroatoms. The fourth-order valence-corrected chi connectivity index (χ4v) is 2.16. The van der Waals surface area contributed by atoms with Gasteiger partial charge in [0.05, 0.1) is 21.8 Å². The highest BCUT2D eigenvalue weighted by atomic mass is 35.5. The number of carbonyl (C=O) groups is 1. The monoisotopic (exact) mass is 298 g/mol. The van der Waals surface area contributed by atoms with E-state index in [0.29, 0.717) is 33.0 Å². The van der Waals surface area contributed by atoms with Gasteiger partial charge in [0.2, 0.25) is 0 Å². The van der Waals surface area contributed by atoms with Gasteiger partial charge in [0.15, 0.2) is 0 Å². The number of fused-ring (bicyclic) bond motifs is 1. The summed E-state index contributed by atoms with van der Waals surface area (Å²) in [4.78, 5) is 20.8. The van der Waals surface area contributed by atoms with E-state index in [0.717, 1.165) is 0 Å². The number of halogens is 1. The SMILES string of the molecule is Nc1ccc(NC(=O)c2cccc3nccnc23)cc1Cl. The Hall–Kier alpha value is -2.66. The number of nitrogens with zero attached hydrogens (tertiary/aromatic N) is 2. The highest BCUT2D eigenvalue weighted by Crippen LogP contribution is 2.23. The lowest BCUT2D eigenvalue weighted by atomic mass is 10.1. The number of anilines is 2. The second-order valence-electron chi connectivity index (χ2n) is 4.42. The summed E-state index contributed by atoms with van der Waals surface area (Å²) in [5, 5.41) is 3.17. The van der Waals surface area contributed by atoms with Crippen molar-refractivity contribution in [3.8, 4) is 0 Å². The van der Waals surface area contributed by atoms with E-state index in [-0.39, 0.29) is 5.91 Å². The van der Waals surface area contributed by atoms with Crippen LogP contribution in [0.3, 0.4) is 0 Å². The van der Waals surface area contributed by atoms with Crippen LogP contribution >= 0.6 is 11.6 Å². The van der Waals surface area contributed by atoms with Gasteiger partial charge in [0, 0.05) is 18.1 Å². The van der Waals surface area contributed by atoms with Crippen LogP contribution in [0.1, 0.15) is 10.4 Å². The van der Waals surface area contributed by atoms with Crippen molar-refractivity contribution in [2.75, 3.05) is 11.1 Å². The molecule has 0 unspecified atom stereocenters. The number of hydrogen-bond acceptors (Lipinski definition) is 4. The molecule has 1 amide bonds. The summed E-state index contributed by atoms with van der Waals surface area (Å²) in [5.74, 6) is -0.276. The van der Waals surface area contributed by atoms with E-state index in [1.165, 1.54) is 0 Å². The molecule has 5 nitrogen and oxygen atoms in total. The van der Waals surface area contributed by atoms with Crippen molar-refractivity contribution in [1.29, 1.82) is 0 Å². The van der Waals surface area contributed by atoms with Crippen LogP contribution in [0.15, 0.2) is 48.8 Å². The minimum Gasteiger partial charge on any atom is -0.398 e. The Bertz CT molecular complexity index is 830. The minimum atomic E-state index is -0.276. The number of nitrogens with one attached hydrogen (secondary N) is 1. The molecule has 104 valence electrons. The van der Waals surface area contributed by atoms with Crippen molar-refractivity contribution < 1.29 is 4.79 Å². The number of nitrogen functional groups attached to an aromatic ring is 1. The Morgan fingerprint density at radius 1 is 1.14 bits per heavy atom. The zero-order valence-corrected chi connectivity index (χ0v) is 11.6. The zero-order chi connectivity index (χ0) is 14.8. The molecule has 3 N–H and O–H groups in total. The third-order valence-electron chi connectivity index (χ3n) is 3.00. The molecule has 0 fully saturated rings. The van der Waals surface area contributed by atoms with Crippen LogP contribution in [0, 0.1) is 0 Å². The summed E-state index contributed by atoms with van der Waals surface area (Å²) in [6.07, 6.45) is 3.14. The number of aromatic nitrogens is 2. The fourth-order valence-electron chi connectivity index (χ4n) is 1.98. The second kappa shape index (κ2) is 5.38. The Morgan fingerprint density at radius 3 is 2.76 bits per heavy atom. The van der Waals surface area contributed by atoms with Crippen LogP contribution in [0.2, 0.25) is 5.02 Å². The molecule has 0 saturated heterocycles. The topological polar surface area (TPSA) is 80.9 Å². The smallest absolute Gasteiger partial charge is 0.257 e. The third-order valence-corrected chi connectivity index (χ3v) is 3.33. The van der Waals surface area contributed by atoms with Gasteiger partial charge in [0.25, 0.3) is 5.91 Å². The van der Waals surface area contributed by atoms with E-state index in [9.17, 15) is 4.79 Å². The summed E-state index contributed by atoms with van der Waals surface area (Å²) >= 11 is 5.94. The summed E-state index contributed by atoms with van der Waals surface area (Å²) < 4.78 is 0. The molecule has 0 bridgehead atoms. The van der Waals surface area contributed by atoms with Crippen LogP contribution < -0.4 is 11.1 Å². The molecular formula is C15H11ClN4O. The number of hydrogen-bond donors (Lipinski definition) is 2. The van der Waals surface area contributed by atoms with Crippen LogP contribution in [-0.2, 0) is 0 Å². The molecule has 0 atom stereocenters. The van der Waals surface area contributed by atoms with Gasteiger partial charge < -0.3 is 11.1 Å². The standard InChI is InChI=1S/C15H11ClN4O/c16-11-8-9(4-5-12(11)17)20-15(21)10-2-1-3-13-14(10)19-7-6-18-13/h1-8H,17H2,(H,20,21). The van der Waals surface area contributed by atoms with E-state index in [1.807, 2.05) is 0 Å². The highest BCUT2D eigenvalue weighted by Gasteiger charge is 2.12. The van der Waals surface area contributed by atoms with Crippen molar-refractivity contribution in [2.24, 2.45) is 0 Å². The number of carbonyl (C=O) groups excluding carboxylic acids is 1. The van der Waals surface area contributed by atoms with Crippen LogP contribution in [-0.4, -0.2) is 15.9 Å². The van der Waals surface area contributed by atoms with Crippen molar-refractivity contribution >= 4 is 39.9 Å². The molecule has 0 aliphatic heterocycles. The van der Waals surface area contributed by atoms with Gasteiger partial charge in [-0.25, -0.2) is 0 Å². The van der Waals surface area contributed by atoms with Crippen molar-refractivity contribution in [1.82, 2.24) is 9.97 Å². The lowest BCUT2D eigenvalue weighted by molar-refractivity contribution is 0.102. The van der Waals surface area contributed by atoms with E-state index >= 15 is 0 Å². The van der Waals surface area contributed by atoms with E-state index in [2.05, 4.69) is 15.3 Å². The molecule has 3 aromatic rings. The van der Waals surface area contributed by atoms with Crippen molar-refractivity contribution in [2.45, 2.75) is 0 Å². The molecule has 0 spiro atoms. The third kappa shape index (κ3) is 2.64. The van der Waals surface area contributed by atoms with Gasteiger partial charge in [-0.2, -0.15) is 0 Å². The van der Waals surface area contributed by atoms with Gasteiger partial charge >= 0.3 is 0 Å². The molecule has 0 radical (unpaired) electrons. The first kappa shape index (κ1) is 13.3. The second-order valence-corrected chi connectivity index (χ2v) is 4.83. The number of rotatable bonds is 2. The molecule has 0 aliphatic carbocycles. The van der Waals surface area contributed by atoms with Gasteiger partial charge in [-0.1, -0.05) is 17.7 Å². The minimum absolute atomic E-state index is 0.276. The van der Waals surface area contributed by atoms with Gasteiger partial charge in [-0.15, -0.1) is 0 Å². The lowest BCUT2D eigenvalue weighted by Crippen LogP contribution is -2.13. The largest absolute Gasteiger partial charge is 0.398 e. The summed E-state index contributed by atoms with van der Waals surface area (Å²) in [6.45, 7) is 0.